The first-order chi connectivity index (χ1) is 7.99. The number of halogens is 4. The third-order valence-electron chi connectivity index (χ3n) is 2.98. The molecule has 1 aliphatic heterocycles. The molecule has 0 radical (unpaired) electrons. The Balaban J connectivity index is 2.24. The second-order valence-electron chi connectivity index (χ2n) is 4.33. The van der Waals surface area contributed by atoms with Crippen molar-refractivity contribution in [1.82, 2.24) is 0 Å². The first-order valence-corrected chi connectivity index (χ1v) is 6.68. The molecule has 2 rings (SSSR count). The molecule has 0 aliphatic carbocycles. The van der Waals surface area contributed by atoms with E-state index >= 15 is 0 Å². The van der Waals surface area contributed by atoms with Crippen molar-refractivity contribution in [2.24, 2.45) is 5.92 Å². The molecular weight excluding hydrogens is 313 g/mol. The van der Waals surface area contributed by atoms with E-state index in [1.807, 2.05) is 6.92 Å². The van der Waals surface area contributed by atoms with Gasteiger partial charge in [-0.1, -0.05) is 27.5 Å². The molecule has 3 unspecified atom stereocenters. The number of rotatable bonds is 2. The van der Waals surface area contributed by atoms with Crippen molar-refractivity contribution < 1.29 is 13.5 Å². The molecule has 3 atom stereocenters. The van der Waals surface area contributed by atoms with Gasteiger partial charge >= 0.3 is 0 Å². The summed E-state index contributed by atoms with van der Waals surface area (Å²) in [4.78, 5) is -0.116. The second kappa shape index (κ2) is 5.21. The molecule has 94 valence electrons. The molecule has 17 heavy (non-hydrogen) atoms. The van der Waals surface area contributed by atoms with Crippen molar-refractivity contribution in [3.63, 3.8) is 0 Å². The van der Waals surface area contributed by atoms with Gasteiger partial charge in [-0.15, -0.1) is 0 Å². The van der Waals surface area contributed by atoms with Crippen molar-refractivity contribution in [2.45, 2.75) is 24.3 Å². The lowest BCUT2D eigenvalue weighted by atomic mass is 9.96. The zero-order valence-electron chi connectivity index (χ0n) is 9.22. The Labute approximate surface area is 112 Å². The summed E-state index contributed by atoms with van der Waals surface area (Å²) >= 11 is 9.43. The molecule has 0 saturated carbocycles. The summed E-state index contributed by atoms with van der Waals surface area (Å²) in [6.07, 6.45) is 1.08. The topological polar surface area (TPSA) is 9.23 Å². The van der Waals surface area contributed by atoms with Crippen LogP contribution in [0, 0.1) is 17.6 Å². The Morgan fingerprint density at radius 3 is 2.65 bits per heavy atom. The summed E-state index contributed by atoms with van der Waals surface area (Å²) < 4.78 is 31.6. The fourth-order valence-corrected chi connectivity index (χ4v) is 3.20. The Bertz CT molecular complexity index is 427. The number of alkyl halides is 1. The molecule has 1 fully saturated rings. The van der Waals surface area contributed by atoms with Gasteiger partial charge in [-0.05, 0) is 31.0 Å². The van der Waals surface area contributed by atoms with Gasteiger partial charge in [0, 0.05) is 15.8 Å². The highest BCUT2D eigenvalue weighted by Crippen LogP contribution is 2.41. The molecule has 1 aliphatic rings. The fourth-order valence-electron chi connectivity index (χ4n) is 2.06. The highest BCUT2D eigenvalue weighted by Gasteiger charge is 2.30. The van der Waals surface area contributed by atoms with E-state index in [-0.39, 0.29) is 21.9 Å². The van der Waals surface area contributed by atoms with Crippen LogP contribution in [0.3, 0.4) is 0 Å². The molecule has 5 heteroatoms. The molecule has 0 aromatic heterocycles. The first kappa shape index (κ1) is 13.2. The Morgan fingerprint density at radius 2 is 2.06 bits per heavy atom. The molecule has 1 nitrogen and oxygen atoms in total. The normalized spacial score (nSPS) is 26.2. The summed E-state index contributed by atoms with van der Waals surface area (Å²) in [5.41, 5.74) is 0.577. The van der Waals surface area contributed by atoms with Crippen LogP contribution in [0.25, 0.3) is 0 Å². The summed E-state index contributed by atoms with van der Waals surface area (Å²) in [6, 6.07) is 2.17. The highest BCUT2D eigenvalue weighted by molar-refractivity contribution is 9.09. The van der Waals surface area contributed by atoms with E-state index in [2.05, 4.69) is 15.9 Å². The van der Waals surface area contributed by atoms with Crippen molar-refractivity contribution >= 4 is 27.5 Å². The minimum atomic E-state index is -0.922. The van der Waals surface area contributed by atoms with Crippen LogP contribution in [0.15, 0.2) is 12.1 Å². The van der Waals surface area contributed by atoms with Crippen LogP contribution in [0.2, 0.25) is 5.02 Å². The van der Waals surface area contributed by atoms with E-state index in [4.69, 9.17) is 16.3 Å². The quantitative estimate of drug-likeness (QED) is 0.575. The van der Waals surface area contributed by atoms with Crippen LogP contribution < -0.4 is 0 Å². The van der Waals surface area contributed by atoms with Gasteiger partial charge in [0.1, 0.15) is 0 Å². The van der Waals surface area contributed by atoms with Crippen LogP contribution in [0.5, 0.6) is 0 Å². The molecule has 1 heterocycles. The van der Waals surface area contributed by atoms with E-state index < -0.39 is 11.6 Å². The molecular formula is C12H12BrClF2O. The fraction of sp³-hybridized carbons (Fsp3) is 0.500. The van der Waals surface area contributed by atoms with Crippen molar-refractivity contribution in [2.75, 3.05) is 6.61 Å². The molecule has 0 spiro atoms. The minimum absolute atomic E-state index is 0.116. The Morgan fingerprint density at radius 1 is 1.41 bits per heavy atom. The van der Waals surface area contributed by atoms with Crippen molar-refractivity contribution in [1.29, 1.82) is 0 Å². The molecule has 0 N–H and O–H groups in total. The van der Waals surface area contributed by atoms with Crippen LogP contribution in [-0.4, -0.2) is 12.7 Å². The predicted octanol–water partition coefficient (Wildman–Crippen LogP) is 4.48. The summed E-state index contributed by atoms with van der Waals surface area (Å²) in [7, 11) is 0. The lowest BCUT2D eigenvalue weighted by Gasteiger charge is -2.17. The van der Waals surface area contributed by atoms with Crippen LogP contribution >= 0.6 is 27.5 Å². The zero-order chi connectivity index (χ0) is 12.6. The standard InChI is InChI=1S/C12H12BrClF2O/c1-6-2-7(5-17-6)12(13)8-3-10(15)11(16)4-9(8)14/h3-4,6-7,12H,2,5H2,1H3. The van der Waals surface area contributed by atoms with Gasteiger partial charge in [0.05, 0.1) is 12.7 Å². The maximum atomic E-state index is 13.2. The largest absolute Gasteiger partial charge is 0.378 e. The minimum Gasteiger partial charge on any atom is -0.378 e. The first-order valence-electron chi connectivity index (χ1n) is 5.39. The average molecular weight is 326 g/mol. The summed E-state index contributed by atoms with van der Waals surface area (Å²) in [5, 5.41) is 0.241. The van der Waals surface area contributed by atoms with E-state index in [9.17, 15) is 8.78 Å². The number of hydrogen-bond acceptors (Lipinski definition) is 1. The Hall–Kier alpha value is -0.190. The maximum absolute atomic E-state index is 13.2. The molecule has 1 saturated heterocycles. The number of benzene rings is 1. The van der Waals surface area contributed by atoms with E-state index in [0.29, 0.717) is 12.2 Å². The summed E-state index contributed by atoms with van der Waals surface area (Å²) in [6.45, 7) is 2.60. The summed E-state index contributed by atoms with van der Waals surface area (Å²) in [5.74, 6) is -1.57. The zero-order valence-corrected chi connectivity index (χ0v) is 11.6. The van der Waals surface area contributed by atoms with Gasteiger partial charge in [-0.2, -0.15) is 0 Å². The average Bonchev–Trinajstić information content (AvgIpc) is 2.69. The van der Waals surface area contributed by atoms with E-state index in [1.165, 1.54) is 0 Å². The smallest absolute Gasteiger partial charge is 0.160 e. The second-order valence-corrected chi connectivity index (χ2v) is 5.72. The molecule has 1 aromatic rings. The lowest BCUT2D eigenvalue weighted by molar-refractivity contribution is 0.120. The number of ether oxygens (including phenoxy) is 1. The van der Waals surface area contributed by atoms with Gasteiger partial charge in [-0.3, -0.25) is 0 Å². The lowest BCUT2D eigenvalue weighted by Crippen LogP contribution is -2.09. The van der Waals surface area contributed by atoms with E-state index in [0.717, 1.165) is 18.6 Å². The monoisotopic (exact) mass is 324 g/mol. The van der Waals surface area contributed by atoms with Crippen molar-refractivity contribution in [3.8, 4) is 0 Å². The molecule has 0 amide bonds. The number of hydrogen-bond donors (Lipinski definition) is 0. The SMILES string of the molecule is CC1CC(C(Br)c2cc(F)c(F)cc2Cl)CO1. The molecule has 0 bridgehead atoms. The third kappa shape index (κ3) is 2.80. The van der Waals surface area contributed by atoms with Gasteiger partial charge < -0.3 is 4.74 Å². The van der Waals surface area contributed by atoms with Gasteiger partial charge in [0.15, 0.2) is 11.6 Å². The maximum Gasteiger partial charge on any atom is 0.160 e. The van der Waals surface area contributed by atoms with Crippen LogP contribution in [-0.2, 0) is 4.74 Å². The third-order valence-corrected chi connectivity index (χ3v) is 4.55. The highest BCUT2D eigenvalue weighted by atomic mass is 79.9. The molecule has 1 aromatic carbocycles. The van der Waals surface area contributed by atoms with Gasteiger partial charge in [0.2, 0.25) is 0 Å². The van der Waals surface area contributed by atoms with E-state index in [1.54, 1.807) is 0 Å². The Kier molecular flexibility index (Phi) is 4.06. The predicted molar refractivity (Wildman–Crippen MR) is 66.6 cm³/mol. The van der Waals surface area contributed by atoms with Gasteiger partial charge in [0.25, 0.3) is 0 Å². The van der Waals surface area contributed by atoms with Crippen molar-refractivity contribution in [3.05, 3.63) is 34.4 Å². The van der Waals surface area contributed by atoms with Gasteiger partial charge in [-0.25, -0.2) is 8.78 Å². The van der Waals surface area contributed by atoms with Crippen LogP contribution in [0.4, 0.5) is 8.78 Å². The van der Waals surface area contributed by atoms with Crippen LogP contribution in [0.1, 0.15) is 23.7 Å².